The van der Waals surface area contributed by atoms with Crippen molar-refractivity contribution in [3.63, 3.8) is 0 Å². The van der Waals surface area contributed by atoms with Gasteiger partial charge < -0.3 is 9.31 Å². The summed E-state index contributed by atoms with van der Waals surface area (Å²) in [6.45, 7) is 8.69. The molecule has 2 aliphatic carbocycles. The summed E-state index contributed by atoms with van der Waals surface area (Å²) in [7, 11) is -0.00981. The Morgan fingerprint density at radius 2 is 1.40 bits per heavy atom. The van der Waals surface area contributed by atoms with Gasteiger partial charge in [-0.3, -0.25) is 0 Å². The van der Waals surface area contributed by atoms with Crippen LogP contribution in [0.1, 0.15) is 72.6 Å². The zero-order valence-corrected chi connectivity index (χ0v) is 15.0. The SMILES string of the molecule is CC1(C)OB(C2(C3CCCCC3)CC(Br)C2)OC1(C)C. The third kappa shape index (κ3) is 2.30. The van der Waals surface area contributed by atoms with Gasteiger partial charge in [-0.05, 0) is 46.5 Å². The van der Waals surface area contributed by atoms with E-state index in [-0.39, 0.29) is 23.6 Å². The molecule has 114 valence electrons. The first-order chi connectivity index (χ1) is 9.27. The molecule has 0 aromatic rings. The van der Waals surface area contributed by atoms with E-state index in [2.05, 4.69) is 43.6 Å². The normalized spacial score (nSPS) is 40.6. The summed E-state index contributed by atoms with van der Waals surface area (Å²) >= 11 is 3.80. The van der Waals surface area contributed by atoms with E-state index in [9.17, 15) is 0 Å². The van der Waals surface area contributed by atoms with Crippen LogP contribution in [0.2, 0.25) is 5.31 Å². The number of rotatable bonds is 2. The highest BCUT2D eigenvalue weighted by molar-refractivity contribution is 9.09. The Bertz CT molecular complexity index is 355. The Balaban J connectivity index is 1.81. The summed E-state index contributed by atoms with van der Waals surface area (Å²) in [6.07, 6.45) is 9.35. The second-order valence-electron chi connectivity index (χ2n) is 8.16. The van der Waals surface area contributed by atoms with Crippen LogP contribution in [0.4, 0.5) is 0 Å². The van der Waals surface area contributed by atoms with E-state index in [1.165, 1.54) is 44.9 Å². The third-order valence-electron chi connectivity index (χ3n) is 6.34. The molecule has 4 heteroatoms. The molecule has 0 spiro atoms. The minimum atomic E-state index is -0.198. The molecule has 1 heterocycles. The van der Waals surface area contributed by atoms with Gasteiger partial charge in [0.15, 0.2) is 0 Å². The van der Waals surface area contributed by atoms with Crippen LogP contribution in [0.15, 0.2) is 0 Å². The van der Waals surface area contributed by atoms with E-state index in [1.54, 1.807) is 0 Å². The molecule has 0 atom stereocenters. The molecule has 0 radical (unpaired) electrons. The molecule has 2 nitrogen and oxygen atoms in total. The first kappa shape index (κ1) is 15.4. The van der Waals surface area contributed by atoms with Gasteiger partial charge in [-0.2, -0.15) is 0 Å². The van der Waals surface area contributed by atoms with Crippen molar-refractivity contribution in [1.29, 1.82) is 0 Å². The van der Waals surface area contributed by atoms with Gasteiger partial charge in [0.25, 0.3) is 0 Å². The number of hydrogen-bond acceptors (Lipinski definition) is 2. The molecule has 0 amide bonds. The fraction of sp³-hybridized carbons (Fsp3) is 1.00. The van der Waals surface area contributed by atoms with Crippen molar-refractivity contribution in [1.82, 2.24) is 0 Å². The van der Waals surface area contributed by atoms with Crippen LogP contribution in [0.5, 0.6) is 0 Å². The Kier molecular flexibility index (Phi) is 3.83. The van der Waals surface area contributed by atoms with E-state index in [0.717, 1.165) is 5.92 Å². The monoisotopic (exact) mass is 342 g/mol. The van der Waals surface area contributed by atoms with Crippen molar-refractivity contribution in [3.8, 4) is 0 Å². The topological polar surface area (TPSA) is 18.5 Å². The Morgan fingerprint density at radius 3 is 1.85 bits per heavy atom. The van der Waals surface area contributed by atoms with Crippen LogP contribution in [0, 0.1) is 5.92 Å². The average Bonchev–Trinajstić information content (AvgIpc) is 2.55. The molecule has 1 saturated heterocycles. The van der Waals surface area contributed by atoms with E-state index in [4.69, 9.17) is 9.31 Å². The highest BCUT2D eigenvalue weighted by Crippen LogP contribution is 2.64. The van der Waals surface area contributed by atoms with Gasteiger partial charge in [0.1, 0.15) is 0 Å². The maximum absolute atomic E-state index is 6.43. The maximum Gasteiger partial charge on any atom is 0.464 e. The van der Waals surface area contributed by atoms with Crippen LogP contribution >= 0.6 is 15.9 Å². The zero-order valence-electron chi connectivity index (χ0n) is 13.4. The van der Waals surface area contributed by atoms with Crippen molar-refractivity contribution in [2.45, 2.75) is 94.0 Å². The quantitative estimate of drug-likeness (QED) is 0.521. The van der Waals surface area contributed by atoms with Gasteiger partial charge >= 0.3 is 7.12 Å². The molecule has 0 N–H and O–H groups in total. The minimum Gasteiger partial charge on any atom is -0.403 e. The first-order valence-electron chi connectivity index (χ1n) is 8.27. The summed E-state index contributed by atoms with van der Waals surface area (Å²) in [5.41, 5.74) is -0.395. The first-order valence-corrected chi connectivity index (χ1v) is 9.18. The number of halogens is 1. The van der Waals surface area contributed by atoms with Crippen molar-refractivity contribution < 1.29 is 9.31 Å². The fourth-order valence-electron chi connectivity index (χ4n) is 4.24. The average molecular weight is 343 g/mol. The number of hydrogen-bond donors (Lipinski definition) is 0. The lowest BCUT2D eigenvalue weighted by Crippen LogP contribution is -2.50. The highest BCUT2D eigenvalue weighted by atomic mass is 79.9. The van der Waals surface area contributed by atoms with Crippen LogP contribution in [-0.4, -0.2) is 23.1 Å². The summed E-state index contributed by atoms with van der Waals surface area (Å²) in [5, 5.41) is 0.264. The van der Waals surface area contributed by atoms with Crippen molar-refractivity contribution in [2.24, 2.45) is 5.92 Å². The van der Waals surface area contributed by atoms with Crippen molar-refractivity contribution >= 4 is 23.0 Å². The van der Waals surface area contributed by atoms with E-state index in [1.807, 2.05) is 0 Å². The molecule has 2 saturated carbocycles. The second kappa shape index (κ2) is 4.99. The van der Waals surface area contributed by atoms with E-state index >= 15 is 0 Å². The predicted molar refractivity (Wildman–Crippen MR) is 87.3 cm³/mol. The molecule has 0 aromatic carbocycles. The molecule has 0 aromatic heterocycles. The molecule has 0 bridgehead atoms. The van der Waals surface area contributed by atoms with Crippen LogP contribution in [-0.2, 0) is 9.31 Å². The standard InChI is InChI=1S/C16H28BBrO2/c1-14(2)15(3,4)20-17(19-14)16(10-13(18)11-16)12-8-6-5-7-9-12/h12-13H,5-11H2,1-4H3. The Hall–Kier alpha value is 0.465. The number of alkyl halides is 1. The Labute approximate surface area is 132 Å². The molecule has 20 heavy (non-hydrogen) atoms. The zero-order chi connectivity index (χ0) is 14.6. The lowest BCUT2D eigenvalue weighted by atomic mass is 9.40. The summed E-state index contributed by atoms with van der Waals surface area (Å²) < 4.78 is 12.9. The van der Waals surface area contributed by atoms with Gasteiger partial charge in [0, 0.05) is 10.1 Å². The van der Waals surface area contributed by atoms with Gasteiger partial charge in [-0.15, -0.1) is 0 Å². The van der Waals surface area contributed by atoms with Gasteiger partial charge in [0.2, 0.25) is 0 Å². The molecule has 3 rings (SSSR count). The maximum atomic E-state index is 6.43. The molecular formula is C16H28BBrO2. The van der Waals surface area contributed by atoms with E-state index in [0.29, 0.717) is 4.83 Å². The van der Waals surface area contributed by atoms with Gasteiger partial charge in [0.05, 0.1) is 11.2 Å². The molecule has 0 unspecified atom stereocenters. The smallest absolute Gasteiger partial charge is 0.403 e. The summed E-state index contributed by atoms with van der Waals surface area (Å²) in [6, 6.07) is 0. The second-order valence-corrected chi connectivity index (χ2v) is 9.46. The molecule has 3 aliphatic rings. The fourth-order valence-corrected chi connectivity index (χ4v) is 5.44. The largest absolute Gasteiger partial charge is 0.464 e. The minimum absolute atomic E-state index is 0.00981. The van der Waals surface area contributed by atoms with Gasteiger partial charge in [-0.1, -0.05) is 48.0 Å². The van der Waals surface area contributed by atoms with Crippen LogP contribution in [0.3, 0.4) is 0 Å². The highest BCUT2D eigenvalue weighted by Gasteiger charge is 2.65. The van der Waals surface area contributed by atoms with E-state index < -0.39 is 0 Å². The van der Waals surface area contributed by atoms with Crippen LogP contribution < -0.4 is 0 Å². The lowest BCUT2D eigenvalue weighted by Gasteiger charge is -2.52. The summed E-state index contributed by atoms with van der Waals surface area (Å²) in [4.78, 5) is 0.656. The predicted octanol–water partition coefficient (Wildman–Crippen LogP) is 4.96. The molecule has 3 fully saturated rings. The Morgan fingerprint density at radius 1 is 0.900 bits per heavy atom. The molecule has 1 aliphatic heterocycles. The van der Waals surface area contributed by atoms with Crippen molar-refractivity contribution in [2.75, 3.05) is 0 Å². The summed E-state index contributed by atoms with van der Waals surface area (Å²) in [5.74, 6) is 0.791. The van der Waals surface area contributed by atoms with Gasteiger partial charge in [-0.25, -0.2) is 0 Å². The third-order valence-corrected chi connectivity index (χ3v) is 6.99. The molecular weight excluding hydrogens is 315 g/mol. The van der Waals surface area contributed by atoms with Crippen LogP contribution in [0.25, 0.3) is 0 Å². The van der Waals surface area contributed by atoms with Crippen molar-refractivity contribution in [3.05, 3.63) is 0 Å². The lowest BCUT2D eigenvalue weighted by molar-refractivity contribution is 0.00578.